The first kappa shape index (κ1) is 23.5. The number of rotatable bonds is 8. The van der Waals surface area contributed by atoms with Gasteiger partial charge in [0.1, 0.15) is 5.82 Å². The van der Waals surface area contributed by atoms with Gasteiger partial charge in [-0.25, -0.2) is 4.98 Å². The zero-order valence-electron chi connectivity index (χ0n) is 19.6. The van der Waals surface area contributed by atoms with Crippen LogP contribution in [0.2, 0.25) is 5.02 Å². The summed E-state index contributed by atoms with van der Waals surface area (Å²) < 4.78 is 1.65. The van der Waals surface area contributed by atoms with Gasteiger partial charge in [0.15, 0.2) is 0 Å². The van der Waals surface area contributed by atoms with Gasteiger partial charge in [0, 0.05) is 17.5 Å². The molecular formula is C27H32ClN3O2. The number of para-hydroxylation sites is 1. The van der Waals surface area contributed by atoms with E-state index in [2.05, 4.69) is 20.8 Å². The van der Waals surface area contributed by atoms with E-state index in [0.29, 0.717) is 46.3 Å². The van der Waals surface area contributed by atoms with Crippen molar-refractivity contribution in [1.82, 2.24) is 14.5 Å². The maximum atomic E-state index is 13.7. The van der Waals surface area contributed by atoms with E-state index in [0.717, 1.165) is 25.7 Å². The van der Waals surface area contributed by atoms with Crippen LogP contribution in [0.5, 0.6) is 0 Å². The first-order chi connectivity index (χ1) is 15.9. The van der Waals surface area contributed by atoms with Crippen molar-refractivity contribution in [2.75, 3.05) is 6.54 Å². The fraction of sp³-hybridized carbons (Fsp3) is 0.444. The maximum absolute atomic E-state index is 13.7. The van der Waals surface area contributed by atoms with Crippen molar-refractivity contribution < 1.29 is 4.79 Å². The number of hydrogen-bond donors (Lipinski definition) is 0. The third-order valence-corrected chi connectivity index (χ3v) is 6.85. The summed E-state index contributed by atoms with van der Waals surface area (Å²) >= 11 is 6.30. The van der Waals surface area contributed by atoms with E-state index in [-0.39, 0.29) is 23.4 Å². The predicted octanol–water partition coefficient (Wildman–Crippen LogP) is 6.17. The molecule has 1 heterocycles. The Morgan fingerprint density at radius 1 is 1.18 bits per heavy atom. The molecule has 1 aromatic heterocycles. The fourth-order valence-electron chi connectivity index (χ4n) is 4.49. The molecule has 1 fully saturated rings. The number of aromatic nitrogens is 2. The van der Waals surface area contributed by atoms with Crippen molar-refractivity contribution in [3.05, 3.63) is 69.7 Å². The van der Waals surface area contributed by atoms with Gasteiger partial charge >= 0.3 is 0 Å². The zero-order valence-corrected chi connectivity index (χ0v) is 20.4. The minimum Gasteiger partial charge on any atom is -0.332 e. The minimum absolute atomic E-state index is 0.0815. The van der Waals surface area contributed by atoms with Gasteiger partial charge in [0.25, 0.3) is 5.56 Å². The second-order valence-electron chi connectivity index (χ2n) is 9.37. The van der Waals surface area contributed by atoms with E-state index in [1.54, 1.807) is 22.8 Å². The Kier molecular flexibility index (Phi) is 7.18. The Balaban J connectivity index is 1.91. The van der Waals surface area contributed by atoms with Gasteiger partial charge in [0.2, 0.25) is 5.91 Å². The summed E-state index contributed by atoms with van der Waals surface area (Å²) in [6, 6.07) is 14.4. The summed E-state index contributed by atoms with van der Waals surface area (Å²) in [5.41, 5.74) is 1.17. The molecular weight excluding hydrogens is 434 g/mol. The van der Waals surface area contributed by atoms with Crippen molar-refractivity contribution in [2.45, 2.75) is 58.9 Å². The van der Waals surface area contributed by atoms with Gasteiger partial charge in [0.05, 0.1) is 22.6 Å². The summed E-state index contributed by atoms with van der Waals surface area (Å²) in [5.74, 6) is 1.34. The van der Waals surface area contributed by atoms with Crippen LogP contribution in [0.4, 0.5) is 0 Å². The molecule has 0 aliphatic heterocycles. The maximum Gasteiger partial charge on any atom is 0.266 e. The van der Waals surface area contributed by atoms with E-state index in [1.165, 1.54) is 0 Å². The monoisotopic (exact) mass is 465 g/mol. The Morgan fingerprint density at radius 3 is 2.58 bits per heavy atom. The molecule has 1 aliphatic rings. The Bertz CT molecular complexity index is 1200. The standard InChI is InChI=1S/C27H32ClN3O2/c1-4-24(30(16-15-18(2)3)26(32)19-9-7-10-19)25-29-23-14-6-5-13-22(23)27(33)31(25)21-12-8-11-20(28)17-21/h5-6,8,11-14,17-19,24H,4,7,9-10,15-16H2,1-3H3. The molecule has 6 heteroatoms. The van der Waals surface area contributed by atoms with Crippen LogP contribution in [0.15, 0.2) is 53.3 Å². The number of carbonyl (C=O) groups is 1. The fourth-order valence-corrected chi connectivity index (χ4v) is 4.67. The quantitative estimate of drug-likeness (QED) is 0.400. The summed E-state index contributed by atoms with van der Waals surface area (Å²) in [5, 5.41) is 1.10. The van der Waals surface area contributed by atoms with Gasteiger partial charge in [-0.2, -0.15) is 0 Å². The lowest BCUT2D eigenvalue weighted by Crippen LogP contribution is -2.44. The van der Waals surface area contributed by atoms with Gasteiger partial charge < -0.3 is 4.90 Å². The van der Waals surface area contributed by atoms with E-state index in [1.807, 2.05) is 35.2 Å². The predicted molar refractivity (Wildman–Crippen MR) is 134 cm³/mol. The van der Waals surface area contributed by atoms with E-state index >= 15 is 0 Å². The van der Waals surface area contributed by atoms with Crippen LogP contribution in [-0.2, 0) is 4.79 Å². The molecule has 1 aliphatic carbocycles. The van der Waals surface area contributed by atoms with Crippen LogP contribution in [0, 0.1) is 11.8 Å². The third kappa shape index (κ3) is 4.84. The average molecular weight is 466 g/mol. The minimum atomic E-state index is -0.298. The molecule has 0 N–H and O–H groups in total. The van der Waals surface area contributed by atoms with E-state index in [9.17, 15) is 9.59 Å². The molecule has 0 spiro atoms. The molecule has 4 rings (SSSR count). The SMILES string of the molecule is CCC(c1nc2ccccc2c(=O)n1-c1cccc(Cl)c1)N(CCC(C)C)C(=O)C1CCC1. The van der Waals surface area contributed by atoms with Crippen LogP contribution in [0.3, 0.4) is 0 Å². The number of nitrogens with zero attached hydrogens (tertiary/aromatic N) is 3. The lowest BCUT2D eigenvalue weighted by molar-refractivity contribution is -0.141. The molecule has 1 saturated carbocycles. The first-order valence-electron chi connectivity index (χ1n) is 12.0. The second kappa shape index (κ2) is 10.1. The molecule has 3 aromatic rings. The third-order valence-electron chi connectivity index (χ3n) is 6.61. The van der Waals surface area contributed by atoms with Gasteiger partial charge in [-0.15, -0.1) is 0 Å². The molecule has 2 aromatic carbocycles. The smallest absolute Gasteiger partial charge is 0.266 e. The Hall–Kier alpha value is -2.66. The molecule has 1 atom stereocenters. The number of benzene rings is 2. The lowest BCUT2D eigenvalue weighted by Gasteiger charge is -2.37. The molecule has 33 heavy (non-hydrogen) atoms. The Morgan fingerprint density at radius 2 is 1.94 bits per heavy atom. The van der Waals surface area contributed by atoms with Crippen molar-refractivity contribution in [3.8, 4) is 5.69 Å². The molecule has 1 unspecified atom stereocenters. The number of amides is 1. The zero-order chi connectivity index (χ0) is 23.5. The molecule has 1 amide bonds. The summed E-state index contributed by atoms with van der Waals surface area (Å²) in [4.78, 5) is 34.2. The van der Waals surface area contributed by atoms with Crippen LogP contribution in [0.25, 0.3) is 16.6 Å². The highest BCUT2D eigenvalue weighted by atomic mass is 35.5. The van der Waals surface area contributed by atoms with Crippen molar-refractivity contribution >= 4 is 28.4 Å². The van der Waals surface area contributed by atoms with Crippen molar-refractivity contribution in [1.29, 1.82) is 0 Å². The highest BCUT2D eigenvalue weighted by molar-refractivity contribution is 6.30. The van der Waals surface area contributed by atoms with Crippen molar-refractivity contribution in [3.63, 3.8) is 0 Å². The molecule has 0 saturated heterocycles. The van der Waals surface area contributed by atoms with Gasteiger partial charge in [-0.05, 0) is 61.9 Å². The topological polar surface area (TPSA) is 55.2 Å². The van der Waals surface area contributed by atoms with E-state index < -0.39 is 0 Å². The molecule has 0 bridgehead atoms. The summed E-state index contributed by atoms with van der Waals surface area (Å²) in [7, 11) is 0. The number of fused-ring (bicyclic) bond motifs is 1. The van der Waals surface area contributed by atoms with Gasteiger partial charge in [-0.1, -0.05) is 57.0 Å². The summed E-state index contributed by atoms with van der Waals surface area (Å²) in [6.45, 7) is 7.06. The molecule has 174 valence electrons. The normalized spacial score (nSPS) is 14.9. The number of carbonyl (C=O) groups excluding carboxylic acids is 1. The van der Waals surface area contributed by atoms with E-state index in [4.69, 9.17) is 16.6 Å². The highest BCUT2D eigenvalue weighted by Gasteiger charge is 2.35. The molecule has 5 nitrogen and oxygen atoms in total. The number of halogens is 1. The summed E-state index contributed by atoms with van der Waals surface area (Å²) in [6.07, 6.45) is 4.57. The second-order valence-corrected chi connectivity index (χ2v) is 9.81. The molecule has 0 radical (unpaired) electrons. The van der Waals surface area contributed by atoms with Crippen LogP contribution in [0.1, 0.15) is 64.7 Å². The first-order valence-corrected chi connectivity index (χ1v) is 12.4. The van der Waals surface area contributed by atoms with Crippen LogP contribution < -0.4 is 5.56 Å². The van der Waals surface area contributed by atoms with Crippen molar-refractivity contribution in [2.24, 2.45) is 11.8 Å². The lowest BCUT2D eigenvalue weighted by atomic mass is 9.83. The van der Waals surface area contributed by atoms with Crippen LogP contribution in [-0.4, -0.2) is 26.9 Å². The Labute approximate surface area is 200 Å². The van der Waals surface area contributed by atoms with Crippen LogP contribution >= 0.6 is 11.6 Å². The highest BCUT2D eigenvalue weighted by Crippen LogP contribution is 2.34. The number of hydrogen-bond acceptors (Lipinski definition) is 3. The van der Waals surface area contributed by atoms with Gasteiger partial charge in [-0.3, -0.25) is 14.2 Å². The largest absolute Gasteiger partial charge is 0.332 e. The average Bonchev–Trinajstić information content (AvgIpc) is 2.75.